The van der Waals surface area contributed by atoms with Gasteiger partial charge in [-0.1, -0.05) is 6.07 Å². The van der Waals surface area contributed by atoms with E-state index in [1.54, 1.807) is 7.11 Å². The van der Waals surface area contributed by atoms with E-state index in [9.17, 15) is 0 Å². The first-order valence-electron chi connectivity index (χ1n) is 6.90. The van der Waals surface area contributed by atoms with E-state index in [-0.39, 0.29) is 30.9 Å². The molecule has 1 aromatic carbocycles. The summed E-state index contributed by atoms with van der Waals surface area (Å²) in [4.78, 5) is 2.33. The molecule has 0 amide bonds. The zero-order valence-corrected chi connectivity index (χ0v) is 14.5. The number of piperidine rings is 1. The first-order chi connectivity index (χ1) is 9.15. The second-order valence-corrected chi connectivity index (χ2v) is 5.16. The summed E-state index contributed by atoms with van der Waals surface area (Å²) in [6.45, 7) is 4.69. The largest absolute Gasteiger partial charge is 0.493 e. The van der Waals surface area contributed by atoms with E-state index >= 15 is 0 Å². The van der Waals surface area contributed by atoms with Crippen LogP contribution in [0, 0.1) is 0 Å². The summed E-state index contributed by atoms with van der Waals surface area (Å²) in [5.41, 5.74) is 7.50. The molecule has 0 bridgehead atoms. The van der Waals surface area contributed by atoms with Crippen molar-refractivity contribution in [3.8, 4) is 11.5 Å². The third-order valence-electron chi connectivity index (χ3n) is 3.79. The number of likely N-dealkylation sites (N-methyl/N-ethyl adjacent to an activating group) is 1. The van der Waals surface area contributed by atoms with Crippen molar-refractivity contribution >= 4 is 24.8 Å². The molecule has 2 atom stereocenters. The van der Waals surface area contributed by atoms with Crippen LogP contribution < -0.4 is 15.2 Å². The molecule has 0 aromatic heterocycles. The summed E-state index contributed by atoms with van der Waals surface area (Å²) in [5.74, 6) is 1.95. The summed E-state index contributed by atoms with van der Waals surface area (Å²) in [6, 6.07) is 6.38. The number of rotatable bonds is 4. The van der Waals surface area contributed by atoms with Crippen LogP contribution in [0.5, 0.6) is 11.5 Å². The predicted octanol–water partition coefficient (Wildman–Crippen LogP) is 2.68. The molecule has 1 fully saturated rings. The molecule has 1 aliphatic rings. The molecule has 0 saturated carbocycles. The van der Waals surface area contributed by atoms with Gasteiger partial charge >= 0.3 is 0 Å². The van der Waals surface area contributed by atoms with Crippen LogP contribution in [-0.2, 0) is 0 Å². The average Bonchev–Trinajstić information content (AvgIpc) is 2.42. The van der Waals surface area contributed by atoms with Crippen molar-refractivity contribution in [1.82, 2.24) is 4.90 Å². The number of ether oxygens (including phenoxy) is 2. The Labute approximate surface area is 139 Å². The normalized spacial score (nSPS) is 21.9. The van der Waals surface area contributed by atoms with E-state index in [0.29, 0.717) is 12.5 Å². The molecule has 21 heavy (non-hydrogen) atoms. The molecule has 1 saturated heterocycles. The lowest BCUT2D eigenvalue weighted by molar-refractivity contribution is 0.227. The van der Waals surface area contributed by atoms with Crippen LogP contribution in [0.3, 0.4) is 0 Å². The third kappa shape index (κ3) is 4.92. The number of nitrogens with zero attached hydrogens (tertiary/aromatic N) is 1. The molecule has 2 rings (SSSR count). The summed E-state index contributed by atoms with van der Waals surface area (Å²) in [6.07, 6.45) is 1.04. The maximum absolute atomic E-state index is 6.26. The number of halogens is 2. The highest BCUT2D eigenvalue weighted by Crippen LogP contribution is 2.33. The van der Waals surface area contributed by atoms with Crippen LogP contribution in [0.25, 0.3) is 0 Å². The van der Waals surface area contributed by atoms with Crippen LogP contribution in [0.2, 0.25) is 0 Å². The van der Waals surface area contributed by atoms with Crippen molar-refractivity contribution in [1.29, 1.82) is 0 Å². The van der Waals surface area contributed by atoms with Crippen molar-refractivity contribution in [2.75, 3.05) is 33.9 Å². The Bertz CT molecular complexity index is 432. The van der Waals surface area contributed by atoms with Crippen LogP contribution >= 0.6 is 24.8 Å². The first kappa shape index (κ1) is 20.3. The molecule has 2 unspecified atom stereocenters. The third-order valence-corrected chi connectivity index (χ3v) is 3.79. The lowest BCUT2D eigenvalue weighted by atomic mass is 9.86. The number of benzene rings is 1. The van der Waals surface area contributed by atoms with Crippen molar-refractivity contribution in [3.05, 3.63) is 23.8 Å². The van der Waals surface area contributed by atoms with E-state index in [1.807, 2.05) is 13.0 Å². The standard InChI is InChI=1S/C15H24N2O2.2ClH/c1-4-19-14-6-5-11(9-15(14)18-3)12-10-17(2)8-7-13(12)16;;/h5-6,9,12-13H,4,7-8,10,16H2,1-3H3;2*1H. The molecule has 0 radical (unpaired) electrons. The lowest BCUT2D eigenvalue weighted by Crippen LogP contribution is -2.43. The minimum absolute atomic E-state index is 0. The molecule has 1 heterocycles. The van der Waals surface area contributed by atoms with Crippen LogP contribution in [0.4, 0.5) is 0 Å². The molecule has 0 spiro atoms. The van der Waals surface area contributed by atoms with Crippen LogP contribution in [0.1, 0.15) is 24.8 Å². The van der Waals surface area contributed by atoms with Gasteiger partial charge in [0.15, 0.2) is 11.5 Å². The fraction of sp³-hybridized carbons (Fsp3) is 0.600. The van der Waals surface area contributed by atoms with E-state index in [2.05, 4.69) is 24.1 Å². The Kier molecular flexibility index (Phi) is 9.06. The SMILES string of the molecule is CCOc1ccc(C2CN(C)CCC2N)cc1OC.Cl.Cl. The van der Waals surface area contributed by atoms with Crippen LogP contribution in [-0.4, -0.2) is 44.8 Å². The number of hydrogen-bond acceptors (Lipinski definition) is 4. The molecule has 1 aromatic rings. The van der Waals surface area contributed by atoms with Gasteiger partial charge in [-0.25, -0.2) is 0 Å². The maximum atomic E-state index is 6.26. The maximum Gasteiger partial charge on any atom is 0.161 e. The molecular formula is C15H26Cl2N2O2. The minimum Gasteiger partial charge on any atom is -0.493 e. The second kappa shape index (κ2) is 9.36. The Morgan fingerprint density at radius 1 is 1.29 bits per heavy atom. The fourth-order valence-corrected chi connectivity index (χ4v) is 2.68. The van der Waals surface area contributed by atoms with Gasteiger partial charge in [-0.15, -0.1) is 24.8 Å². The smallest absolute Gasteiger partial charge is 0.161 e. The average molecular weight is 337 g/mol. The molecule has 4 nitrogen and oxygen atoms in total. The lowest BCUT2D eigenvalue weighted by Gasteiger charge is -2.35. The summed E-state index contributed by atoms with van der Waals surface area (Å²) >= 11 is 0. The highest BCUT2D eigenvalue weighted by atomic mass is 35.5. The van der Waals surface area contributed by atoms with E-state index in [4.69, 9.17) is 15.2 Å². The van der Waals surface area contributed by atoms with Crippen molar-refractivity contribution in [3.63, 3.8) is 0 Å². The predicted molar refractivity (Wildman–Crippen MR) is 91.5 cm³/mol. The van der Waals surface area contributed by atoms with Crippen molar-refractivity contribution < 1.29 is 9.47 Å². The highest BCUT2D eigenvalue weighted by Gasteiger charge is 2.26. The number of hydrogen-bond donors (Lipinski definition) is 1. The van der Waals surface area contributed by atoms with Gasteiger partial charge in [0.2, 0.25) is 0 Å². The zero-order valence-electron chi connectivity index (χ0n) is 12.9. The van der Waals surface area contributed by atoms with Gasteiger partial charge in [0.05, 0.1) is 13.7 Å². The van der Waals surface area contributed by atoms with E-state index in [1.165, 1.54) is 5.56 Å². The van der Waals surface area contributed by atoms with Gasteiger partial charge in [0.1, 0.15) is 0 Å². The van der Waals surface area contributed by atoms with E-state index < -0.39 is 0 Å². The van der Waals surface area contributed by atoms with Gasteiger partial charge < -0.3 is 20.1 Å². The van der Waals surface area contributed by atoms with Gasteiger partial charge in [-0.3, -0.25) is 0 Å². The van der Waals surface area contributed by atoms with Gasteiger partial charge in [-0.05, 0) is 44.6 Å². The van der Waals surface area contributed by atoms with Crippen molar-refractivity contribution in [2.45, 2.75) is 25.3 Å². The Morgan fingerprint density at radius 3 is 2.62 bits per heavy atom. The van der Waals surface area contributed by atoms with Gasteiger partial charge in [0, 0.05) is 18.5 Å². The topological polar surface area (TPSA) is 47.7 Å². The van der Waals surface area contributed by atoms with Gasteiger partial charge in [-0.2, -0.15) is 0 Å². The molecule has 6 heteroatoms. The van der Waals surface area contributed by atoms with Crippen molar-refractivity contribution in [2.24, 2.45) is 5.73 Å². The molecular weight excluding hydrogens is 311 g/mol. The summed E-state index contributed by atoms with van der Waals surface area (Å²) < 4.78 is 11.0. The minimum atomic E-state index is 0. The fourth-order valence-electron chi connectivity index (χ4n) is 2.68. The summed E-state index contributed by atoms with van der Waals surface area (Å²) in [5, 5.41) is 0. The zero-order chi connectivity index (χ0) is 13.8. The molecule has 0 aliphatic carbocycles. The molecule has 1 aliphatic heterocycles. The van der Waals surface area contributed by atoms with Gasteiger partial charge in [0.25, 0.3) is 0 Å². The molecule has 122 valence electrons. The first-order valence-corrected chi connectivity index (χ1v) is 6.90. The molecule has 2 N–H and O–H groups in total. The highest BCUT2D eigenvalue weighted by molar-refractivity contribution is 5.85. The Balaban J connectivity index is 0.00000200. The Hall–Kier alpha value is -0.680. The summed E-state index contributed by atoms with van der Waals surface area (Å²) in [7, 11) is 3.82. The van der Waals surface area contributed by atoms with E-state index in [0.717, 1.165) is 31.0 Å². The number of methoxy groups -OCH3 is 1. The van der Waals surface area contributed by atoms with Crippen LogP contribution in [0.15, 0.2) is 18.2 Å². The quantitative estimate of drug-likeness (QED) is 0.918. The Morgan fingerprint density at radius 2 is 2.00 bits per heavy atom. The second-order valence-electron chi connectivity index (χ2n) is 5.16. The monoisotopic (exact) mass is 336 g/mol. The number of nitrogens with two attached hydrogens (primary N) is 1. The number of likely N-dealkylation sites (tertiary alicyclic amines) is 1.